The number of carbonyl (C=O) groups excluding carboxylic acids is 1. The number of carbonyl (C=O) groups is 1. The lowest BCUT2D eigenvalue weighted by Crippen LogP contribution is -2.48. The standard InChI is InChI=1S/C11H21NO/c1-6-8(2)11(5)7-9(13)12-10(11,3)4/h8H,6-7H2,1-5H3,(H,12,13). The third-order valence-electron chi connectivity index (χ3n) is 4.11. The summed E-state index contributed by atoms with van der Waals surface area (Å²) in [6.45, 7) is 10.9. The van der Waals surface area contributed by atoms with Crippen LogP contribution in [0.25, 0.3) is 0 Å². The minimum absolute atomic E-state index is 0.0560. The van der Waals surface area contributed by atoms with Crippen LogP contribution in [0.5, 0.6) is 0 Å². The molecule has 0 aliphatic carbocycles. The molecule has 1 heterocycles. The summed E-state index contributed by atoms with van der Waals surface area (Å²) >= 11 is 0. The average Bonchev–Trinajstić information content (AvgIpc) is 2.20. The highest BCUT2D eigenvalue weighted by atomic mass is 16.2. The predicted molar refractivity (Wildman–Crippen MR) is 54.4 cm³/mol. The van der Waals surface area contributed by atoms with E-state index in [2.05, 4.69) is 39.9 Å². The zero-order chi connectivity index (χ0) is 10.3. The highest BCUT2D eigenvalue weighted by molar-refractivity contribution is 5.80. The molecule has 76 valence electrons. The van der Waals surface area contributed by atoms with Crippen molar-refractivity contribution >= 4 is 5.91 Å². The molecule has 1 amide bonds. The zero-order valence-corrected chi connectivity index (χ0v) is 9.40. The van der Waals surface area contributed by atoms with Gasteiger partial charge in [0, 0.05) is 17.4 Å². The third-order valence-corrected chi connectivity index (χ3v) is 4.11. The topological polar surface area (TPSA) is 29.1 Å². The van der Waals surface area contributed by atoms with Gasteiger partial charge < -0.3 is 5.32 Å². The first kappa shape index (κ1) is 10.6. The fraction of sp³-hybridized carbons (Fsp3) is 0.909. The van der Waals surface area contributed by atoms with E-state index in [1.165, 1.54) is 0 Å². The molecule has 1 saturated heterocycles. The van der Waals surface area contributed by atoms with Crippen molar-refractivity contribution in [1.82, 2.24) is 5.32 Å². The Balaban J connectivity index is 2.95. The van der Waals surface area contributed by atoms with Crippen LogP contribution >= 0.6 is 0 Å². The summed E-state index contributed by atoms with van der Waals surface area (Å²) in [7, 11) is 0. The van der Waals surface area contributed by atoms with Gasteiger partial charge in [0.25, 0.3) is 0 Å². The maximum atomic E-state index is 11.4. The SMILES string of the molecule is CCC(C)C1(C)CC(=O)NC1(C)C. The van der Waals surface area contributed by atoms with Crippen molar-refractivity contribution in [2.75, 3.05) is 0 Å². The normalized spacial score (nSPS) is 34.4. The smallest absolute Gasteiger partial charge is 0.221 e. The first-order valence-corrected chi connectivity index (χ1v) is 5.14. The number of hydrogen-bond donors (Lipinski definition) is 1. The maximum Gasteiger partial charge on any atom is 0.221 e. The second-order valence-electron chi connectivity index (χ2n) is 5.08. The van der Waals surface area contributed by atoms with Gasteiger partial charge in [-0.1, -0.05) is 27.2 Å². The van der Waals surface area contributed by atoms with Crippen LogP contribution in [0, 0.1) is 11.3 Å². The van der Waals surface area contributed by atoms with Crippen molar-refractivity contribution in [1.29, 1.82) is 0 Å². The van der Waals surface area contributed by atoms with Gasteiger partial charge in [-0.25, -0.2) is 0 Å². The molecule has 1 aliphatic rings. The summed E-state index contributed by atoms with van der Waals surface area (Å²) in [6, 6.07) is 0. The zero-order valence-electron chi connectivity index (χ0n) is 9.40. The highest BCUT2D eigenvalue weighted by Crippen LogP contribution is 2.46. The summed E-state index contributed by atoms with van der Waals surface area (Å²) in [5.74, 6) is 0.786. The van der Waals surface area contributed by atoms with Crippen molar-refractivity contribution in [2.24, 2.45) is 11.3 Å². The molecule has 0 radical (unpaired) electrons. The highest BCUT2D eigenvalue weighted by Gasteiger charge is 2.51. The number of hydrogen-bond acceptors (Lipinski definition) is 1. The molecule has 0 aromatic rings. The van der Waals surface area contributed by atoms with E-state index in [1.54, 1.807) is 0 Å². The average molecular weight is 183 g/mol. The van der Waals surface area contributed by atoms with Gasteiger partial charge in [-0.3, -0.25) is 4.79 Å². The Morgan fingerprint density at radius 3 is 2.31 bits per heavy atom. The molecule has 2 unspecified atom stereocenters. The summed E-state index contributed by atoms with van der Waals surface area (Å²) < 4.78 is 0. The van der Waals surface area contributed by atoms with Crippen LogP contribution < -0.4 is 5.32 Å². The minimum Gasteiger partial charge on any atom is -0.351 e. The Morgan fingerprint density at radius 2 is 2.00 bits per heavy atom. The summed E-state index contributed by atoms with van der Waals surface area (Å²) in [5, 5.41) is 3.06. The first-order valence-electron chi connectivity index (χ1n) is 5.14. The van der Waals surface area contributed by atoms with Gasteiger partial charge in [0.05, 0.1) is 0 Å². The Bertz CT molecular complexity index is 222. The van der Waals surface area contributed by atoms with Crippen molar-refractivity contribution in [3.05, 3.63) is 0 Å². The number of nitrogens with one attached hydrogen (secondary N) is 1. The lowest BCUT2D eigenvalue weighted by atomic mass is 9.65. The van der Waals surface area contributed by atoms with E-state index in [1.807, 2.05) is 0 Å². The van der Waals surface area contributed by atoms with Crippen molar-refractivity contribution in [3.8, 4) is 0 Å². The van der Waals surface area contributed by atoms with Crippen molar-refractivity contribution < 1.29 is 4.79 Å². The molecule has 2 atom stereocenters. The minimum atomic E-state index is -0.0560. The predicted octanol–water partition coefficient (Wildman–Crippen LogP) is 2.34. The van der Waals surface area contributed by atoms with Crippen molar-refractivity contribution in [3.63, 3.8) is 0 Å². The van der Waals surface area contributed by atoms with Gasteiger partial charge in [0.1, 0.15) is 0 Å². The molecule has 1 fully saturated rings. The molecule has 0 bridgehead atoms. The molecule has 13 heavy (non-hydrogen) atoms. The lowest BCUT2D eigenvalue weighted by molar-refractivity contribution is -0.120. The Kier molecular flexibility index (Phi) is 2.44. The van der Waals surface area contributed by atoms with Gasteiger partial charge in [-0.15, -0.1) is 0 Å². The van der Waals surface area contributed by atoms with E-state index in [0.29, 0.717) is 12.3 Å². The van der Waals surface area contributed by atoms with Crippen molar-refractivity contribution in [2.45, 2.75) is 53.0 Å². The lowest BCUT2D eigenvalue weighted by Gasteiger charge is -2.41. The van der Waals surface area contributed by atoms with Crippen LogP contribution in [0.3, 0.4) is 0 Å². The fourth-order valence-electron chi connectivity index (χ4n) is 2.33. The number of amides is 1. The molecule has 2 nitrogen and oxygen atoms in total. The summed E-state index contributed by atoms with van der Waals surface area (Å²) in [5.41, 5.74) is 0.0539. The van der Waals surface area contributed by atoms with Gasteiger partial charge in [-0.05, 0) is 19.8 Å². The fourth-order valence-corrected chi connectivity index (χ4v) is 2.33. The molecule has 0 spiro atoms. The number of rotatable bonds is 2. The largest absolute Gasteiger partial charge is 0.351 e. The molecular formula is C11H21NO. The molecule has 0 aromatic heterocycles. The summed E-state index contributed by atoms with van der Waals surface area (Å²) in [4.78, 5) is 11.4. The van der Waals surface area contributed by atoms with Crippen LogP contribution in [-0.4, -0.2) is 11.4 Å². The van der Waals surface area contributed by atoms with E-state index in [0.717, 1.165) is 6.42 Å². The van der Waals surface area contributed by atoms with Crippen LogP contribution in [0.15, 0.2) is 0 Å². The first-order chi connectivity index (χ1) is 5.83. The Hall–Kier alpha value is -0.530. The van der Waals surface area contributed by atoms with Crippen LogP contribution in [-0.2, 0) is 4.79 Å². The molecule has 1 aliphatic heterocycles. The van der Waals surface area contributed by atoms with E-state index in [4.69, 9.17) is 0 Å². The van der Waals surface area contributed by atoms with Gasteiger partial charge >= 0.3 is 0 Å². The quantitative estimate of drug-likeness (QED) is 0.699. The van der Waals surface area contributed by atoms with E-state index in [9.17, 15) is 4.79 Å². The molecule has 0 aromatic carbocycles. The van der Waals surface area contributed by atoms with Crippen LogP contribution in [0.2, 0.25) is 0 Å². The molecule has 2 heteroatoms. The Morgan fingerprint density at radius 1 is 1.46 bits per heavy atom. The molecule has 1 rings (SSSR count). The van der Waals surface area contributed by atoms with Crippen LogP contribution in [0.4, 0.5) is 0 Å². The van der Waals surface area contributed by atoms with E-state index < -0.39 is 0 Å². The maximum absolute atomic E-state index is 11.4. The second kappa shape index (κ2) is 3.00. The van der Waals surface area contributed by atoms with Gasteiger partial charge in [0.2, 0.25) is 5.91 Å². The third kappa shape index (κ3) is 1.47. The second-order valence-corrected chi connectivity index (χ2v) is 5.08. The van der Waals surface area contributed by atoms with Gasteiger partial charge in [-0.2, -0.15) is 0 Å². The summed E-state index contributed by atoms with van der Waals surface area (Å²) in [6.07, 6.45) is 1.81. The monoisotopic (exact) mass is 183 g/mol. The van der Waals surface area contributed by atoms with Gasteiger partial charge in [0.15, 0.2) is 0 Å². The molecule has 1 N–H and O–H groups in total. The molecule has 0 saturated carbocycles. The molecular weight excluding hydrogens is 162 g/mol. The van der Waals surface area contributed by atoms with Crippen LogP contribution in [0.1, 0.15) is 47.5 Å². The Labute approximate surface area is 81.1 Å². The van der Waals surface area contributed by atoms with E-state index in [-0.39, 0.29) is 16.9 Å². The van der Waals surface area contributed by atoms with E-state index >= 15 is 0 Å².